The van der Waals surface area contributed by atoms with E-state index >= 15 is 0 Å². The lowest BCUT2D eigenvalue weighted by Crippen LogP contribution is -2.44. The molecule has 1 N–H and O–H groups in total. The first kappa shape index (κ1) is 15.4. The molecule has 0 radical (unpaired) electrons. The van der Waals surface area contributed by atoms with Crippen molar-refractivity contribution in [3.05, 3.63) is 0 Å². The van der Waals surface area contributed by atoms with Gasteiger partial charge in [0.2, 0.25) is 5.91 Å². The van der Waals surface area contributed by atoms with Gasteiger partial charge in [0, 0.05) is 6.04 Å². The van der Waals surface area contributed by atoms with Gasteiger partial charge in [-0.1, -0.05) is 20.3 Å². The molecule has 1 rings (SSSR count). The van der Waals surface area contributed by atoms with Gasteiger partial charge in [-0.15, -0.1) is 0 Å². The maximum atomic E-state index is 12.4. The molecule has 0 aromatic carbocycles. The van der Waals surface area contributed by atoms with Gasteiger partial charge in [-0.05, 0) is 46.8 Å². The van der Waals surface area contributed by atoms with Crippen LogP contribution >= 0.6 is 0 Å². The Balaban J connectivity index is 2.65. The fourth-order valence-electron chi connectivity index (χ4n) is 2.61. The fourth-order valence-corrected chi connectivity index (χ4v) is 2.61. The summed E-state index contributed by atoms with van der Waals surface area (Å²) in [5.41, 5.74) is 0. The first-order valence-corrected chi connectivity index (χ1v) is 7.24. The number of carbonyl (C=O) groups is 1. The van der Waals surface area contributed by atoms with Crippen LogP contribution in [0.15, 0.2) is 0 Å². The number of hydrogen-bond donors (Lipinski definition) is 1. The Morgan fingerprint density at radius 3 is 2.56 bits per heavy atom. The predicted octanol–water partition coefficient (Wildman–Crippen LogP) is 1.66. The molecular weight excluding hydrogens is 226 g/mol. The maximum absolute atomic E-state index is 12.4. The Labute approximate surface area is 112 Å². The van der Waals surface area contributed by atoms with E-state index in [4.69, 9.17) is 0 Å². The molecule has 4 heteroatoms. The van der Waals surface area contributed by atoms with Gasteiger partial charge < -0.3 is 9.80 Å². The van der Waals surface area contributed by atoms with Crippen molar-refractivity contribution in [3.8, 4) is 0 Å². The minimum absolute atomic E-state index is 0.0309. The zero-order valence-corrected chi connectivity index (χ0v) is 12.6. The van der Waals surface area contributed by atoms with E-state index in [1.165, 1.54) is 0 Å². The van der Waals surface area contributed by atoms with Crippen LogP contribution in [0, 0.1) is 0 Å². The van der Waals surface area contributed by atoms with Crippen molar-refractivity contribution in [1.29, 1.82) is 0 Å². The Morgan fingerprint density at radius 1 is 1.39 bits per heavy atom. The van der Waals surface area contributed by atoms with Crippen molar-refractivity contribution in [2.24, 2.45) is 0 Å². The van der Waals surface area contributed by atoms with Crippen molar-refractivity contribution < 1.29 is 4.79 Å². The second kappa shape index (κ2) is 7.10. The number of nitrogens with zero attached hydrogens (tertiary/aromatic N) is 2. The van der Waals surface area contributed by atoms with Crippen LogP contribution < -0.4 is 5.32 Å². The molecule has 0 saturated carbocycles. The third-order valence-corrected chi connectivity index (χ3v) is 3.72. The van der Waals surface area contributed by atoms with Crippen molar-refractivity contribution in [2.45, 2.75) is 64.7 Å². The highest BCUT2D eigenvalue weighted by Gasteiger charge is 2.39. The maximum Gasteiger partial charge on any atom is 0.241 e. The summed E-state index contributed by atoms with van der Waals surface area (Å²) in [7, 11) is 4.16. The molecule has 3 atom stereocenters. The van der Waals surface area contributed by atoms with Crippen LogP contribution in [0.3, 0.4) is 0 Å². The summed E-state index contributed by atoms with van der Waals surface area (Å²) in [6.07, 6.45) is 4.32. The standard InChI is InChI=1S/C14H29N3O/c1-6-8-13-15-12(7-2)14(18)17(13)11(3)9-10-16(4)5/h11-13,15H,6-10H2,1-5H3. The van der Waals surface area contributed by atoms with Gasteiger partial charge in [0.25, 0.3) is 0 Å². The molecule has 1 amide bonds. The summed E-state index contributed by atoms with van der Waals surface area (Å²) in [4.78, 5) is 16.6. The molecule has 1 heterocycles. The SMILES string of the molecule is CCCC1NC(CC)C(=O)N1C(C)CCN(C)C. The average Bonchev–Trinajstić information content (AvgIpc) is 2.63. The first-order chi connectivity index (χ1) is 8.51. The molecule has 1 saturated heterocycles. The normalized spacial score (nSPS) is 26.1. The van der Waals surface area contributed by atoms with E-state index < -0.39 is 0 Å². The summed E-state index contributed by atoms with van der Waals surface area (Å²) in [5, 5.41) is 3.47. The molecule has 18 heavy (non-hydrogen) atoms. The van der Waals surface area contributed by atoms with Gasteiger partial charge in [0.1, 0.15) is 0 Å². The van der Waals surface area contributed by atoms with Crippen molar-refractivity contribution >= 4 is 5.91 Å². The fraction of sp³-hybridized carbons (Fsp3) is 0.929. The van der Waals surface area contributed by atoms with E-state index in [9.17, 15) is 4.79 Å². The molecule has 106 valence electrons. The van der Waals surface area contributed by atoms with Gasteiger partial charge >= 0.3 is 0 Å². The highest BCUT2D eigenvalue weighted by molar-refractivity contribution is 5.84. The number of carbonyl (C=O) groups excluding carboxylic acids is 1. The number of rotatable bonds is 7. The average molecular weight is 255 g/mol. The van der Waals surface area contributed by atoms with Crippen LogP contribution in [0.1, 0.15) is 46.5 Å². The van der Waals surface area contributed by atoms with E-state index in [-0.39, 0.29) is 12.2 Å². The quantitative estimate of drug-likeness (QED) is 0.751. The molecule has 1 aliphatic heterocycles. The summed E-state index contributed by atoms with van der Waals surface area (Å²) in [6, 6.07) is 0.351. The van der Waals surface area contributed by atoms with Gasteiger partial charge in [-0.25, -0.2) is 0 Å². The highest BCUT2D eigenvalue weighted by Crippen LogP contribution is 2.21. The van der Waals surface area contributed by atoms with E-state index in [0.717, 1.165) is 32.2 Å². The van der Waals surface area contributed by atoms with E-state index in [0.29, 0.717) is 11.9 Å². The van der Waals surface area contributed by atoms with Crippen LogP contribution in [0.5, 0.6) is 0 Å². The van der Waals surface area contributed by atoms with E-state index in [2.05, 4.69) is 50.0 Å². The molecule has 4 nitrogen and oxygen atoms in total. The molecule has 1 fully saturated rings. The third-order valence-electron chi connectivity index (χ3n) is 3.72. The Bertz CT molecular complexity index is 268. The molecule has 1 aliphatic rings. The molecule has 0 aromatic heterocycles. The van der Waals surface area contributed by atoms with Crippen molar-refractivity contribution in [1.82, 2.24) is 15.1 Å². The van der Waals surface area contributed by atoms with Crippen molar-refractivity contribution in [2.75, 3.05) is 20.6 Å². The van der Waals surface area contributed by atoms with Gasteiger partial charge in [-0.2, -0.15) is 0 Å². The van der Waals surface area contributed by atoms with Crippen molar-refractivity contribution in [3.63, 3.8) is 0 Å². The second-order valence-corrected chi connectivity index (χ2v) is 5.62. The van der Waals surface area contributed by atoms with Gasteiger partial charge in [-0.3, -0.25) is 10.1 Å². The number of hydrogen-bond acceptors (Lipinski definition) is 3. The topological polar surface area (TPSA) is 35.6 Å². The van der Waals surface area contributed by atoms with Crippen LogP contribution in [-0.2, 0) is 4.79 Å². The third kappa shape index (κ3) is 3.69. The monoisotopic (exact) mass is 255 g/mol. The largest absolute Gasteiger partial charge is 0.323 e. The summed E-state index contributed by atoms with van der Waals surface area (Å²) in [5.74, 6) is 0.294. The van der Waals surface area contributed by atoms with Crippen LogP contribution in [0.25, 0.3) is 0 Å². The summed E-state index contributed by atoms with van der Waals surface area (Å²) in [6.45, 7) is 7.45. The molecule has 3 unspecified atom stereocenters. The lowest BCUT2D eigenvalue weighted by molar-refractivity contribution is -0.132. The zero-order chi connectivity index (χ0) is 13.7. The van der Waals surface area contributed by atoms with Crippen LogP contribution in [0.4, 0.5) is 0 Å². The lowest BCUT2D eigenvalue weighted by atomic mass is 10.1. The Morgan fingerprint density at radius 2 is 2.06 bits per heavy atom. The second-order valence-electron chi connectivity index (χ2n) is 5.62. The molecule has 0 spiro atoms. The molecule has 0 aliphatic carbocycles. The molecule has 0 aromatic rings. The smallest absolute Gasteiger partial charge is 0.241 e. The number of nitrogens with one attached hydrogen (secondary N) is 1. The Hall–Kier alpha value is -0.610. The summed E-state index contributed by atoms with van der Waals surface area (Å²) < 4.78 is 0. The Kier molecular flexibility index (Phi) is 6.09. The lowest BCUT2D eigenvalue weighted by Gasteiger charge is -2.31. The van der Waals surface area contributed by atoms with Crippen LogP contribution in [0.2, 0.25) is 0 Å². The zero-order valence-electron chi connectivity index (χ0n) is 12.6. The van der Waals surface area contributed by atoms with Gasteiger partial charge in [0.15, 0.2) is 0 Å². The molecular formula is C14H29N3O. The van der Waals surface area contributed by atoms with Gasteiger partial charge in [0.05, 0.1) is 12.2 Å². The predicted molar refractivity (Wildman–Crippen MR) is 75.4 cm³/mol. The minimum Gasteiger partial charge on any atom is -0.323 e. The van der Waals surface area contributed by atoms with E-state index in [1.807, 2.05) is 0 Å². The summed E-state index contributed by atoms with van der Waals surface area (Å²) >= 11 is 0. The minimum atomic E-state index is 0.0309. The molecule has 0 bridgehead atoms. The van der Waals surface area contributed by atoms with Crippen LogP contribution in [-0.4, -0.2) is 54.6 Å². The number of amides is 1. The van der Waals surface area contributed by atoms with E-state index in [1.54, 1.807) is 0 Å². The first-order valence-electron chi connectivity index (χ1n) is 7.24. The highest BCUT2D eigenvalue weighted by atomic mass is 16.2.